The van der Waals surface area contributed by atoms with Crippen LogP contribution < -0.4 is 5.32 Å². The van der Waals surface area contributed by atoms with Crippen molar-refractivity contribution in [1.82, 2.24) is 10.2 Å². The molecule has 0 saturated carbocycles. The number of carbonyl (C=O) groups excluding carboxylic acids is 2. The molecule has 12 nitrogen and oxygen atoms in total. The van der Waals surface area contributed by atoms with E-state index in [-0.39, 0.29) is 25.0 Å². The zero-order valence-electron chi connectivity index (χ0n) is 23.1. The average Bonchev–Trinajstić information content (AvgIpc) is 3.33. The molecule has 1 saturated heterocycles. The topological polar surface area (TPSA) is 161 Å². The summed E-state index contributed by atoms with van der Waals surface area (Å²) in [6.45, 7) is 7.27. The number of unbranched alkanes of at least 4 members (excludes halogenated alkanes) is 3. The summed E-state index contributed by atoms with van der Waals surface area (Å²) >= 11 is 0. The summed E-state index contributed by atoms with van der Waals surface area (Å²) in [7, 11) is -5.26. The Morgan fingerprint density at radius 3 is 2.22 bits per heavy atom. The predicted molar refractivity (Wildman–Crippen MR) is 139 cm³/mol. The van der Waals surface area contributed by atoms with E-state index in [0.29, 0.717) is 58.0 Å². The van der Waals surface area contributed by atoms with Crippen molar-refractivity contribution in [3.8, 4) is 0 Å². The number of nitrogens with one attached hydrogen (secondary N) is 1. The molecule has 0 radical (unpaired) electrons. The Hall–Kier alpha value is -0.840. The van der Waals surface area contributed by atoms with E-state index in [1.165, 1.54) is 34.8 Å². The van der Waals surface area contributed by atoms with Gasteiger partial charge in [0, 0.05) is 40.3 Å². The Bertz CT molecular complexity index is 836. The highest BCUT2D eigenvalue weighted by atomic mass is 31.2. The molecule has 218 valence electrons. The summed E-state index contributed by atoms with van der Waals surface area (Å²) in [5.74, 6) is -0.256. The maximum atomic E-state index is 12.7. The van der Waals surface area contributed by atoms with E-state index in [1.54, 1.807) is 4.90 Å². The third kappa shape index (κ3) is 10.3. The molecule has 1 aliphatic heterocycles. The fourth-order valence-corrected chi connectivity index (χ4v) is 5.29. The molecular formula is C23H46N2O10P2. The molecular weight excluding hydrogens is 526 g/mol. The molecule has 2 unspecified atom stereocenters. The van der Waals surface area contributed by atoms with Crippen molar-refractivity contribution in [2.75, 3.05) is 40.5 Å². The largest absolute Gasteiger partial charge is 0.366 e. The van der Waals surface area contributed by atoms with Crippen LogP contribution in [0.5, 0.6) is 0 Å². The number of likely N-dealkylation sites (tertiary alicyclic amines) is 1. The van der Waals surface area contributed by atoms with Crippen molar-refractivity contribution in [1.29, 1.82) is 0 Å². The zero-order chi connectivity index (χ0) is 28.3. The van der Waals surface area contributed by atoms with E-state index in [4.69, 9.17) is 14.0 Å². The molecule has 1 rings (SSSR count). The maximum absolute atomic E-state index is 12.7. The van der Waals surface area contributed by atoms with Gasteiger partial charge in [0.15, 0.2) is 10.7 Å². The molecule has 3 atom stereocenters. The van der Waals surface area contributed by atoms with E-state index in [9.17, 15) is 28.5 Å². The quantitative estimate of drug-likeness (QED) is 0.163. The highest BCUT2D eigenvalue weighted by Crippen LogP contribution is 2.56. The Kier molecular flexibility index (Phi) is 13.9. The van der Waals surface area contributed by atoms with E-state index in [2.05, 4.69) is 9.84 Å². The summed E-state index contributed by atoms with van der Waals surface area (Å²) in [5.41, 5.74) is 0. The minimum atomic E-state index is -3.91. The standard InChI is InChI=1S/C23H46N2O10P2/c1-22(2,32-5)37(30,31)35-18-10-7-8-14-20(26)25-16-12-13-19(25)21(27)24-15-9-11-17-34-23(3,4)36(28,29)33-6/h19H,7-18H2,1-6H3,(H,24,27)(H,28,29)(H,30,31)/t19-/m0/s1. The van der Waals surface area contributed by atoms with Crippen LogP contribution in [0.3, 0.4) is 0 Å². The number of nitrogens with zero attached hydrogens (tertiary/aromatic N) is 1. The lowest BCUT2D eigenvalue weighted by atomic mass is 10.1. The van der Waals surface area contributed by atoms with Crippen molar-refractivity contribution >= 4 is 27.0 Å². The second-order valence-electron chi connectivity index (χ2n) is 10.1. The van der Waals surface area contributed by atoms with Gasteiger partial charge < -0.3 is 38.5 Å². The number of hydrogen-bond donors (Lipinski definition) is 3. The molecule has 0 bridgehead atoms. The van der Waals surface area contributed by atoms with E-state index >= 15 is 0 Å². The molecule has 1 aliphatic rings. The van der Waals surface area contributed by atoms with Gasteiger partial charge in [0.25, 0.3) is 0 Å². The van der Waals surface area contributed by atoms with Gasteiger partial charge in [-0.15, -0.1) is 0 Å². The first-order valence-corrected chi connectivity index (χ1v) is 15.9. The fourth-order valence-electron chi connectivity index (χ4n) is 3.68. The first kappa shape index (κ1) is 34.2. The normalized spacial score (nSPS) is 19.9. The highest BCUT2D eigenvalue weighted by molar-refractivity contribution is 7.54. The van der Waals surface area contributed by atoms with Gasteiger partial charge in [-0.25, -0.2) is 0 Å². The van der Waals surface area contributed by atoms with Crippen molar-refractivity contribution in [2.45, 2.75) is 95.8 Å². The molecule has 14 heteroatoms. The Morgan fingerprint density at radius 2 is 1.59 bits per heavy atom. The SMILES string of the molecule is COC(C)(C)P(=O)(O)OCCCCCC(=O)N1CCC[C@H]1C(=O)NCCCCOC(C)(C)P(=O)(O)OC. The van der Waals surface area contributed by atoms with Crippen LogP contribution in [0.15, 0.2) is 0 Å². The Morgan fingerprint density at radius 1 is 0.946 bits per heavy atom. The van der Waals surface area contributed by atoms with Crippen LogP contribution in [0.4, 0.5) is 0 Å². The second kappa shape index (κ2) is 15.1. The van der Waals surface area contributed by atoms with Crippen LogP contribution in [0.2, 0.25) is 0 Å². The van der Waals surface area contributed by atoms with E-state index in [1.807, 2.05) is 0 Å². The Balaban J connectivity index is 2.29. The van der Waals surface area contributed by atoms with Crippen LogP contribution in [0.1, 0.15) is 79.1 Å². The monoisotopic (exact) mass is 572 g/mol. The molecule has 0 aliphatic carbocycles. The smallest absolute Gasteiger partial charge is 0.359 e. The molecule has 0 aromatic heterocycles. The van der Waals surface area contributed by atoms with Crippen molar-refractivity contribution < 1.29 is 47.0 Å². The Labute approximate surface area is 220 Å². The predicted octanol–water partition coefficient (Wildman–Crippen LogP) is 3.60. The lowest BCUT2D eigenvalue weighted by Crippen LogP contribution is -2.46. The summed E-state index contributed by atoms with van der Waals surface area (Å²) in [4.78, 5) is 46.7. The van der Waals surface area contributed by atoms with Crippen LogP contribution in [-0.4, -0.2) is 83.8 Å². The van der Waals surface area contributed by atoms with Gasteiger partial charge in [-0.1, -0.05) is 6.42 Å². The van der Waals surface area contributed by atoms with Gasteiger partial charge in [-0.3, -0.25) is 18.7 Å². The van der Waals surface area contributed by atoms with Crippen molar-refractivity contribution in [3.63, 3.8) is 0 Å². The fraction of sp³-hybridized carbons (Fsp3) is 0.913. The average molecular weight is 573 g/mol. The molecule has 2 amide bonds. The first-order valence-electron chi connectivity index (χ1n) is 12.7. The summed E-state index contributed by atoms with van der Waals surface area (Å²) in [6.07, 6.45) is 4.66. The van der Waals surface area contributed by atoms with Crippen molar-refractivity contribution in [3.05, 3.63) is 0 Å². The molecule has 3 N–H and O–H groups in total. The highest BCUT2D eigenvalue weighted by Gasteiger charge is 2.41. The maximum Gasteiger partial charge on any atom is 0.359 e. The minimum Gasteiger partial charge on any atom is -0.366 e. The lowest BCUT2D eigenvalue weighted by Gasteiger charge is -2.28. The number of methoxy groups -OCH3 is 1. The number of amides is 2. The van der Waals surface area contributed by atoms with Crippen LogP contribution in [0, 0.1) is 0 Å². The van der Waals surface area contributed by atoms with E-state index < -0.39 is 31.9 Å². The van der Waals surface area contributed by atoms with Crippen LogP contribution in [-0.2, 0) is 37.2 Å². The van der Waals surface area contributed by atoms with Gasteiger partial charge in [0.05, 0.1) is 6.61 Å². The van der Waals surface area contributed by atoms with Gasteiger partial charge in [0.2, 0.25) is 11.8 Å². The molecule has 1 heterocycles. The molecule has 1 fully saturated rings. The summed E-state index contributed by atoms with van der Waals surface area (Å²) in [6, 6.07) is -0.482. The van der Waals surface area contributed by atoms with Gasteiger partial charge in [-0.05, 0) is 66.2 Å². The molecule has 0 spiro atoms. The molecule has 37 heavy (non-hydrogen) atoms. The number of rotatable bonds is 18. The van der Waals surface area contributed by atoms with E-state index in [0.717, 1.165) is 13.5 Å². The van der Waals surface area contributed by atoms with Gasteiger partial charge in [-0.2, -0.15) is 0 Å². The van der Waals surface area contributed by atoms with Gasteiger partial charge in [0.1, 0.15) is 6.04 Å². The summed E-state index contributed by atoms with van der Waals surface area (Å²) < 4.78 is 44.4. The molecule has 0 aromatic rings. The van der Waals surface area contributed by atoms with Crippen LogP contribution >= 0.6 is 15.2 Å². The van der Waals surface area contributed by atoms with Crippen LogP contribution in [0.25, 0.3) is 0 Å². The summed E-state index contributed by atoms with van der Waals surface area (Å²) in [5, 5.41) is 0.271. The number of hydrogen-bond acceptors (Lipinski definition) is 8. The van der Waals surface area contributed by atoms with Crippen molar-refractivity contribution in [2.24, 2.45) is 0 Å². The third-order valence-corrected chi connectivity index (χ3v) is 10.7. The van der Waals surface area contributed by atoms with Gasteiger partial charge >= 0.3 is 15.2 Å². The minimum absolute atomic E-state index is 0.0749. The zero-order valence-corrected chi connectivity index (χ0v) is 24.9. The third-order valence-electron chi connectivity index (χ3n) is 6.61. The number of carbonyl (C=O) groups is 2. The first-order chi connectivity index (χ1) is 17.1. The second-order valence-corrected chi connectivity index (χ2v) is 14.9. The number of ether oxygens (including phenoxy) is 2. The molecule has 0 aromatic carbocycles. The lowest BCUT2D eigenvalue weighted by molar-refractivity contribution is -0.138.